The van der Waals surface area contributed by atoms with Gasteiger partial charge in [0.15, 0.2) is 0 Å². The second-order valence-corrected chi connectivity index (χ2v) is 3.70. The van der Waals surface area contributed by atoms with Crippen molar-refractivity contribution in [2.45, 2.75) is 40.7 Å². The zero-order valence-electron chi connectivity index (χ0n) is 10.4. The van der Waals surface area contributed by atoms with Crippen LogP contribution in [0.5, 0.6) is 0 Å². The lowest BCUT2D eigenvalue weighted by molar-refractivity contribution is 0.841. The third kappa shape index (κ3) is 7.74. The molecule has 0 aliphatic heterocycles. The highest BCUT2D eigenvalue weighted by Gasteiger charge is 1.88. The largest absolute Gasteiger partial charge is 0.365 e. The van der Waals surface area contributed by atoms with Gasteiger partial charge in [-0.05, 0) is 46.3 Å². The molecular weight excluding hydrogens is 184 g/mol. The van der Waals surface area contributed by atoms with Gasteiger partial charge in [0.1, 0.15) is 0 Å². The molecule has 0 saturated carbocycles. The fraction of sp³-hybridized carbons (Fsp3) is 0.462. The number of hydrogen-bond donors (Lipinski definition) is 1. The lowest BCUT2D eigenvalue weighted by Crippen LogP contribution is -2.03. The fourth-order valence-corrected chi connectivity index (χ4v) is 0.927. The summed E-state index contributed by atoms with van der Waals surface area (Å²) >= 11 is 0. The SMILES string of the molecule is C/C=C\C(C)=C(/C)N/C=C\C=NC(C)C. The lowest BCUT2D eigenvalue weighted by Gasteiger charge is -2.02. The molecule has 0 aromatic carbocycles. The Labute approximate surface area is 93.5 Å². The van der Waals surface area contributed by atoms with Crippen molar-refractivity contribution in [3.63, 3.8) is 0 Å². The summed E-state index contributed by atoms with van der Waals surface area (Å²) in [7, 11) is 0. The first-order valence-corrected chi connectivity index (χ1v) is 5.33. The van der Waals surface area contributed by atoms with Gasteiger partial charge in [-0.25, -0.2) is 0 Å². The van der Waals surface area contributed by atoms with Crippen molar-refractivity contribution in [2.75, 3.05) is 0 Å². The van der Waals surface area contributed by atoms with Gasteiger partial charge in [0.05, 0.1) is 0 Å². The van der Waals surface area contributed by atoms with Crippen LogP contribution in [0.4, 0.5) is 0 Å². The molecule has 2 nitrogen and oxygen atoms in total. The quantitative estimate of drug-likeness (QED) is 0.541. The van der Waals surface area contributed by atoms with Gasteiger partial charge in [0.25, 0.3) is 0 Å². The van der Waals surface area contributed by atoms with E-state index in [2.05, 4.69) is 44.1 Å². The van der Waals surface area contributed by atoms with Crippen molar-refractivity contribution in [3.8, 4) is 0 Å². The Bertz CT molecular complexity index is 281. The molecule has 0 aromatic rings. The van der Waals surface area contributed by atoms with Crippen molar-refractivity contribution in [3.05, 3.63) is 35.7 Å². The molecule has 0 aromatic heterocycles. The number of nitrogens with one attached hydrogen (secondary N) is 1. The smallest absolute Gasteiger partial charge is 0.0443 e. The third-order valence-electron chi connectivity index (χ3n) is 1.87. The van der Waals surface area contributed by atoms with Crippen LogP contribution in [0, 0.1) is 0 Å². The number of allylic oxidation sites excluding steroid dienone is 5. The molecule has 0 saturated heterocycles. The summed E-state index contributed by atoms with van der Waals surface area (Å²) in [6.45, 7) is 10.3. The number of nitrogens with zero attached hydrogens (tertiary/aromatic N) is 1. The van der Waals surface area contributed by atoms with E-state index in [1.807, 2.05) is 31.5 Å². The maximum Gasteiger partial charge on any atom is 0.0443 e. The van der Waals surface area contributed by atoms with E-state index in [-0.39, 0.29) is 0 Å². The van der Waals surface area contributed by atoms with Crippen LogP contribution in [0.2, 0.25) is 0 Å². The highest BCUT2D eigenvalue weighted by molar-refractivity contribution is 5.71. The first-order valence-electron chi connectivity index (χ1n) is 5.33. The predicted molar refractivity (Wildman–Crippen MR) is 69.1 cm³/mol. The van der Waals surface area contributed by atoms with Crippen LogP contribution in [-0.2, 0) is 0 Å². The van der Waals surface area contributed by atoms with Crippen LogP contribution in [0.3, 0.4) is 0 Å². The summed E-state index contributed by atoms with van der Waals surface area (Å²) in [5.41, 5.74) is 2.39. The average molecular weight is 206 g/mol. The van der Waals surface area contributed by atoms with E-state index in [1.165, 1.54) is 5.57 Å². The van der Waals surface area contributed by atoms with Gasteiger partial charge >= 0.3 is 0 Å². The van der Waals surface area contributed by atoms with E-state index in [1.54, 1.807) is 0 Å². The Hall–Kier alpha value is -1.31. The highest BCUT2D eigenvalue weighted by Crippen LogP contribution is 2.00. The van der Waals surface area contributed by atoms with Crippen LogP contribution in [0.15, 0.2) is 40.7 Å². The minimum atomic E-state index is 0.357. The van der Waals surface area contributed by atoms with Gasteiger partial charge in [-0.3, -0.25) is 4.99 Å². The Balaban J connectivity index is 4.10. The normalized spacial score (nSPS) is 14.5. The molecule has 0 bridgehead atoms. The number of hydrogen-bond acceptors (Lipinski definition) is 2. The van der Waals surface area contributed by atoms with Gasteiger partial charge in [-0.2, -0.15) is 0 Å². The molecule has 1 N–H and O–H groups in total. The molecule has 0 atom stereocenters. The van der Waals surface area contributed by atoms with Crippen LogP contribution < -0.4 is 5.32 Å². The fourth-order valence-electron chi connectivity index (χ4n) is 0.927. The van der Waals surface area contributed by atoms with Crippen molar-refractivity contribution >= 4 is 6.21 Å². The molecule has 0 fully saturated rings. The minimum absolute atomic E-state index is 0.357. The summed E-state index contributed by atoms with van der Waals surface area (Å²) in [5.74, 6) is 0. The van der Waals surface area contributed by atoms with Gasteiger partial charge in [0.2, 0.25) is 0 Å². The standard InChI is InChI=1S/C13H22N2/c1-6-8-12(4)13(5)15-10-7-9-14-11(2)3/h6-11,15H,1-5H3/b8-6-,10-7-,13-12+,14-9?. The first-order chi connectivity index (χ1) is 7.07. The second-order valence-electron chi connectivity index (χ2n) is 3.70. The third-order valence-corrected chi connectivity index (χ3v) is 1.87. The van der Waals surface area contributed by atoms with E-state index in [9.17, 15) is 0 Å². The monoisotopic (exact) mass is 206 g/mol. The summed E-state index contributed by atoms with van der Waals surface area (Å²) in [4.78, 5) is 4.22. The maximum absolute atomic E-state index is 4.22. The zero-order valence-corrected chi connectivity index (χ0v) is 10.4. The summed E-state index contributed by atoms with van der Waals surface area (Å²) in [6.07, 6.45) is 9.74. The Morgan fingerprint density at radius 2 is 1.93 bits per heavy atom. The maximum atomic E-state index is 4.22. The van der Waals surface area contributed by atoms with Crippen molar-refractivity contribution in [1.82, 2.24) is 5.32 Å². The molecule has 0 spiro atoms. The summed E-state index contributed by atoms with van der Waals surface area (Å²) < 4.78 is 0. The summed E-state index contributed by atoms with van der Waals surface area (Å²) in [6, 6.07) is 0.357. The Morgan fingerprint density at radius 1 is 1.27 bits per heavy atom. The van der Waals surface area contributed by atoms with Crippen LogP contribution in [-0.4, -0.2) is 12.3 Å². The average Bonchev–Trinajstić information content (AvgIpc) is 2.16. The zero-order chi connectivity index (χ0) is 11.7. The van der Waals surface area contributed by atoms with Gasteiger partial charge in [-0.1, -0.05) is 12.2 Å². The first kappa shape index (κ1) is 13.7. The van der Waals surface area contributed by atoms with E-state index in [0.29, 0.717) is 6.04 Å². The molecular formula is C13H22N2. The number of aliphatic imine (C=N–C) groups is 1. The van der Waals surface area contributed by atoms with Crippen molar-refractivity contribution in [1.29, 1.82) is 0 Å². The summed E-state index contributed by atoms with van der Waals surface area (Å²) in [5, 5.41) is 3.20. The van der Waals surface area contributed by atoms with E-state index < -0.39 is 0 Å². The minimum Gasteiger partial charge on any atom is -0.365 e. The van der Waals surface area contributed by atoms with Gasteiger partial charge in [-0.15, -0.1) is 0 Å². The second kappa shape index (κ2) is 8.04. The molecule has 0 aliphatic rings. The van der Waals surface area contributed by atoms with Gasteiger partial charge < -0.3 is 5.32 Å². The van der Waals surface area contributed by atoms with Crippen LogP contribution >= 0.6 is 0 Å². The van der Waals surface area contributed by atoms with Crippen molar-refractivity contribution < 1.29 is 0 Å². The molecule has 15 heavy (non-hydrogen) atoms. The highest BCUT2D eigenvalue weighted by atomic mass is 14.8. The van der Waals surface area contributed by atoms with Crippen LogP contribution in [0.25, 0.3) is 0 Å². The lowest BCUT2D eigenvalue weighted by atomic mass is 10.2. The van der Waals surface area contributed by atoms with E-state index >= 15 is 0 Å². The van der Waals surface area contributed by atoms with E-state index in [0.717, 1.165) is 5.70 Å². The molecule has 84 valence electrons. The van der Waals surface area contributed by atoms with Crippen molar-refractivity contribution in [2.24, 2.45) is 4.99 Å². The Morgan fingerprint density at radius 3 is 2.47 bits per heavy atom. The number of rotatable bonds is 5. The predicted octanol–water partition coefficient (Wildman–Crippen LogP) is 3.44. The molecule has 0 radical (unpaired) electrons. The molecule has 0 rings (SSSR count). The molecule has 0 amide bonds. The molecule has 0 heterocycles. The molecule has 2 heteroatoms. The molecule has 0 aliphatic carbocycles. The van der Waals surface area contributed by atoms with Crippen LogP contribution in [0.1, 0.15) is 34.6 Å². The topological polar surface area (TPSA) is 24.4 Å². The van der Waals surface area contributed by atoms with Gasteiger partial charge in [0, 0.05) is 24.2 Å². The molecule has 0 unspecified atom stereocenters. The van der Waals surface area contributed by atoms with E-state index in [4.69, 9.17) is 0 Å². The Kier molecular flexibility index (Phi) is 7.33.